The van der Waals surface area contributed by atoms with Crippen LogP contribution in [0.5, 0.6) is 0 Å². The summed E-state index contributed by atoms with van der Waals surface area (Å²) in [6.07, 6.45) is 4.56. The van der Waals surface area contributed by atoms with Gasteiger partial charge in [0.2, 0.25) is 0 Å². The Hall–Kier alpha value is -1.01. The molecular weight excluding hydrogens is 288 g/mol. The molecule has 2 aromatic rings. The summed E-state index contributed by atoms with van der Waals surface area (Å²) in [5.41, 5.74) is 0. The van der Waals surface area contributed by atoms with Gasteiger partial charge in [0.1, 0.15) is 5.82 Å². The zero-order chi connectivity index (χ0) is 11.4. The van der Waals surface area contributed by atoms with E-state index in [1.807, 2.05) is 5.38 Å². The average molecular weight is 299 g/mol. The number of nitrogens with one attached hydrogen (secondary N) is 1. The molecule has 2 rings (SSSR count). The quantitative estimate of drug-likeness (QED) is 0.942. The van der Waals surface area contributed by atoms with Crippen LogP contribution in [0.1, 0.15) is 13.3 Å². The Labute approximate surface area is 106 Å². The first kappa shape index (κ1) is 11.5. The van der Waals surface area contributed by atoms with Gasteiger partial charge in [-0.2, -0.15) is 0 Å². The Morgan fingerprint density at radius 1 is 1.44 bits per heavy atom. The number of hydrogen-bond acceptors (Lipinski definition) is 5. The molecule has 0 atom stereocenters. The van der Waals surface area contributed by atoms with Crippen LogP contribution in [0.2, 0.25) is 0 Å². The lowest BCUT2D eigenvalue weighted by atomic mass is 10.4. The average Bonchev–Trinajstić information content (AvgIpc) is 2.81. The lowest BCUT2D eigenvalue weighted by molar-refractivity contribution is 0.963. The topological polar surface area (TPSA) is 50.7 Å². The molecule has 2 aromatic heterocycles. The van der Waals surface area contributed by atoms with Crippen molar-refractivity contribution in [3.8, 4) is 10.8 Å². The fourth-order valence-electron chi connectivity index (χ4n) is 1.17. The molecular formula is C10H11BrN4S. The molecule has 0 bridgehead atoms. The minimum absolute atomic E-state index is 0.664. The highest BCUT2D eigenvalue weighted by atomic mass is 79.9. The van der Waals surface area contributed by atoms with Crippen molar-refractivity contribution in [1.29, 1.82) is 0 Å². The van der Waals surface area contributed by atoms with E-state index >= 15 is 0 Å². The van der Waals surface area contributed by atoms with Crippen molar-refractivity contribution in [2.24, 2.45) is 0 Å². The molecule has 0 aliphatic carbocycles. The Bertz CT molecular complexity index is 458. The molecule has 16 heavy (non-hydrogen) atoms. The normalized spacial score (nSPS) is 10.4. The third kappa shape index (κ3) is 2.56. The first-order valence-corrected chi connectivity index (χ1v) is 6.64. The number of hydrogen-bond donors (Lipinski definition) is 1. The number of rotatable bonds is 4. The first-order chi connectivity index (χ1) is 7.81. The molecule has 4 nitrogen and oxygen atoms in total. The van der Waals surface area contributed by atoms with Gasteiger partial charge in [0.05, 0.1) is 4.47 Å². The molecule has 84 valence electrons. The minimum Gasteiger partial charge on any atom is -0.369 e. The lowest BCUT2D eigenvalue weighted by Crippen LogP contribution is -2.04. The molecule has 0 spiro atoms. The van der Waals surface area contributed by atoms with E-state index in [0.717, 1.165) is 28.3 Å². The number of nitrogens with zero attached hydrogens (tertiary/aromatic N) is 3. The monoisotopic (exact) mass is 298 g/mol. The molecule has 0 aromatic carbocycles. The second-order valence-electron chi connectivity index (χ2n) is 3.15. The van der Waals surface area contributed by atoms with E-state index in [9.17, 15) is 0 Å². The van der Waals surface area contributed by atoms with Crippen LogP contribution in [0, 0.1) is 0 Å². The standard InChI is InChI=1S/C10H11BrN4S/c1-2-3-12-8-7(11)6-14-9(15-8)10-13-4-5-16-10/h4-6H,2-3H2,1H3,(H,12,14,15). The number of thiazole rings is 1. The predicted octanol–water partition coefficient (Wildman–Crippen LogP) is 3.18. The molecule has 6 heteroatoms. The van der Waals surface area contributed by atoms with Crippen molar-refractivity contribution in [2.75, 3.05) is 11.9 Å². The Morgan fingerprint density at radius 3 is 3.00 bits per heavy atom. The van der Waals surface area contributed by atoms with Gasteiger partial charge in [0, 0.05) is 24.3 Å². The van der Waals surface area contributed by atoms with Crippen molar-refractivity contribution in [1.82, 2.24) is 15.0 Å². The SMILES string of the molecule is CCCNc1nc(-c2nccs2)ncc1Br. The summed E-state index contributed by atoms with van der Waals surface area (Å²) < 4.78 is 0.876. The van der Waals surface area contributed by atoms with Crippen LogP contribution < -0.4 is 5.32 Å². The molecule has 0 radical (unpaired) electrons. The van der Waals surface area contributed by atoms with Crippen LogP contribution in [0.15, 0.2) is 22.2 Å². The molecule has 0 saturated carbocycles. The summed E-state index contributed by atoms with van der Waals surface area (Å²) in [7, 11) is 0. The summed E-state index contributed by atoms with van der Waals surface area (Å²) >= 11 is 4.95. The molecule has 0 fully saturated rings. The minimum atomic E-state index is 0.664. The summed E-state index contributed by atoms with van der Waals surface area (Å²) in [4.78, 5) is 12.9. The van der Waals surface area contributed by atoms with Crippen molar-refractivity contribution in [3.63, 3.8) is 0 Å². The van der Waals surface area contributed by atoms with E-state index in [4.69, 9.17) is 0 Å². The van der Waals surface area contributed by atoms with Gasteiger partial charge in [-0.15, -0.1) is 11.3 Å². The second kappa shape index (κ2) is 5.36. The third-order valence-electron chi connectivity index (χ3n) is 1.91. The van der Waals surface area contributed by atoms with E-state index in [0.29, 0.717) is 5.82 Å². The second-order valence-corrected chi connectivity index (χ2v) is 4.90. The highest BCUT2D eigenvalue weighted by Gasteiger charge is 2.07. The zero-order valence-corrected chi connectivity index (χ0v) is 11.2. The van der Waals surface area contributed by atoms with Gasteiger partial charge in [0.15, 0.2) is 10.8 Å². The van der Waals surface area contributed by atoms with Crippen LogP contribution >= 0.6 is 27.3 Å². The van der Waals surface area contributed by atoms with Crippen molar-refractivity contribution in [3.05, 3.63) is 22.2 Å². The Kier molecular flexibility index (Phi) is 3.84. The summed E-state index contributed by atoms with van der Waals surface area (Å²) in [6, 6.07) is 0. The van der Waals surface area contributed by atoms with E-state index in [1.54, 1.807) is 12.4 Å². The van der Waals surface area contributed by atoms with Crippen LogP contribution in [-0.2, 0) is 0 Å². The first-order valence-electron chi connectivity index (χ1n) is 4.97. The third-order valence-corrected chi connectivity index (χ3v) is 3.26. The lowest BCUT2D eigenvalue weighted by Gasteiger charge is -2.06. The number of aromatic nitrogens is 3. The zero-order valence-electron chi connectivity index (χ0n) is 8.77. The fraction of sp³-hybridized carbons (Fsp3) is 0.300. The summed E-state index contributed by atoms with van der Waals surface area (Å²) in [6.45, 7) is 3.01. The van der Waals surface area contributed by atoms with Crippen LogP contribution in [-0.4, -0.2) is 21.5 Å². The fourth-order valence-corrected chi connectivity index (χ4v) is 2.08. The summed E-state index contributed by atoms with van der Waals surface area (Å²) in [5.74, 6) is 1.49. The molecule has 0 aliphatic heterocycles. The van der Waals surface area contributed by atoms with Crippen molar-refractivity contribution < 1.29 is 0 Å². The highest BCUT2D eigenvalue weighted by molar-refractivity contribution is 9.10. The van der Waals surface area contributed by atoms with Gasteiger partial charge < -0.3 is 5.32 Å². The predicted molar refractivity (Wildman–Crippen MR) is 69.6 cm³/mol. The molecule has 1 N–H and O–H groups in total. The number of anilines is 1. The van der Waals surface area contributed by atoms with Crippen LogP contribution in [0.3, 0.4) is 0 Å². The van der Waals surface area contributed by atoms with E-state index in [-0.39, 0.29) is 0 Å². The maximum Gasteiger partial charge on any atom is 0.190 e. The smallest absolute Gasteiger partial charge is 0.190 e. The van der Waals surface area contributed by atoms with Gasteiger partial charge in [-0.3, -0.25) is 0 Å². The summed E-state index contributed by atoms with van der Waals surface area (Å²) in [5, 5.41) is 6.00. The Balaban J connectivity index is 2.28. The van der Waals surface area contributed by atoms with Gasteiger partial charge in [0.25, 0.3) is 0 Å². The van der Waals surface area contributed by atoms with Gasteiger partial charge >= 0.3 is 0 Å². The van der Waals surface area contributed by atoms with E-state index in [2.05, 4.69) is 43.1 Å². The van der Waals surface area contributed by atoms with Gasteiger partial charge in [-0.05, 0) is 22.4 Å². The largest absolute Gasteiger partial charge is 0.369 e. The van der Waals surface area contributed by atoms with Gasteiger partial charge in [-0.1, -0.05) is 6.92 Å². The van der Waals surface area contributed by atoms with E-state index in [1.165, 1.54) is 11.3 Å². The highest BCUT2D eigenvalue weighted by Crippen LogP contribution is 2.24. The maximum atomic E-state index is 4.43. The van der Waals surface area contributed by atoms with Crippen molar-refractivity contribution >= 4 is 33.1 Å². The van der Waals surface area contributed by atoms with Crippen LogP contribution in [0.25, 0.3) is 10.8 Å². The van der Waals surface area contributed by atoms with Gasteiger partial charge in [-0.25, -0.2) is 15.0 Å². The van der Waals surface area contributed by atoms with E-state index < -0.39 is 0 Å². The molecule has 2 heterocycles. The number of halogens is 1. The molecule has 0 amide bonds. The molecule has 0 unspecified atom stereocenters. The molecule has 0 aliphatic rings. The van der Waals surface area contributed by atoms with Crippen molar-refractivity contribution in [2.45, 2.75) is 13.3 Å². The Morgan fingerprint density at radius 2 is 2.31 bits per heavy atom. The maximum absolute atomic E-state index is 4.43. The molecule has 0 saturated heterocycles. The van der Waals surface area contributed by atoms with Crippen LogP contribution in [0.4, 0.5) is 5.82 Å².